The normalized spacial score (nSPS) is 38.3. The van der Waals surface area contributed by atoms with Crippen LogP contribution in [0.4, 0.5) is 0 Å². The Bertz CT molecular complexity index is 622. The highest BCUT2D eigenvalue weighted by Crippen LogP contribution is 2.60. The highest BCUT2D eigenvalue weighted by atomic mass is 31.3. The Balaban J connectivity index is 1.81. The molecule has 4 N–H and O–H groups in total. The Labute approximate surface area is 164 Å². The largest absolute Gasteiger partial charge is 0.481 e. The van der Waals surface area contributed by atoms with Gasteiger partial charge in [0.05, 0.1) is 32.0 Å². The number of phosphoric ester groups is 2. The van der Waals surface area contributed by atoms with Crippen LogP contribution in [0.2, 0.25) is 0 Å². The van der Waals surface area contributed by atoms with Gasteiger partial charge in [0, 0.05) is 0 Å². The molecule has 4 unspecified atom stereocenters. The molecular formula is C15H30O11P2. The van der Waals surface area contributed by atoms with Crippen LogP contribution in [0.3, 0.4) is 0 Å². The highest BCUT2D eigenvalue weighted by molar-refractivity contribution is 7.61. The van der Waals surface area contributed by atoms with Gasteiger partial charge < -0.3 is 29.5 Å². The zero-order chi connectivity index (χ0) is 21.3. The van der Waals surface area contributed by atoms with Gasteiger partial charge in [-0.3, -0.25) is 9.05 Å². The van der Waals surface area contributed by atoms with Crippen molar-refractivity contribution in [2.75, 3.05) is 19.8 Å². The lowest BCUT2D eigenvalue weighted by molar-refractivity contribution is -0.00806. The van der Waals surface area contributed by atoms with E-state index in [-0.39, 0.29) is 30.7 Å². The lowest BCUT2D eigenvalue weighted by atomic mass is 9.76. The molecule has 0 radical (unpaired) electrons. The van der Waals surface area contributed by atoms with Gasteiger partial charge in [-0.1, -0.05) is 20.8 Å². The summed E-state index contributed by atoms with van der Waals surface area (Å²) in [6, 6.07) is 0. The molecule has 13 heteroatoms. The van der Waals surface area contributed by atoms with Crippen molar-refractivity contribution in [1.29, 1.82) is 0 Å². The standard InChI is InChI=1S/C15H30O11P2/c1-9-11(15(2,3)4)5-10(25-9)6-23-27(18,19)26-28(20,21)24-8-13-14(17)12(16)7-22-13/h9-14,16-17H,5-8H2,1-4H3,(H,18,19)(H,20,21)/t9-,10-,11?,12?,13+,14-/m0/s1. The Hall–Kier alpha value is 0.1000. The molecule has 0 amide bonds. The average molecular weight is 448 g/mol. The Kier molecular flexibility index (Phi) is 7.90. The van der Waals surface area contributed by atoms with Crippen LogP contribution in [-0.2, 0) is 32.0 Å². The van der Waals surface area contributed by atoms with Gasteiger partial charge in [-0.2, -0.15) is 4.31 Å². The van der Waals surface area contributed by atoms with Gasteiger partial charge in [-0.15, -0.1) is 0 Å². The lowest BCUT2D eigenvalue weighted by Crippen LogP contribution is -2.32. The molecule has 8 atom stereocenters. The second kappa shape index (κ2) is 9.08. The molecule has 0 spiro atoms. The minimum absolute atomic E-state index is 0.0112. The van der Waals surface area contributed by atoms with E-state index in [1.54, 1.807) is 0 Å². The van der Waals surface area contributed by atoms with Gasteiger partial charge in [0.15, 0.2) is 0 Å². The summed E-state index contributed by atoms with van der Waals surface area (Å²) < 4.78 is 48.2. The van der Waals surface area contributed by atoms with Crippen molar-refractivity contribution in [3.63, 3.8) is 0 Å². The van der Waals surface area contributed by atoms with E-state index in [0.29, 0.717) is 6.42 Å². The summed E-state index contributed by atoms with van der Waals surface area (Å²) in [6.07, 6.45) is -3.43. The van der Waals surface area contributed by atoms with Gasteiger partial charge >= 0.3 is 15.6 Å². The van der Waals surface area contributed by atoms with Crippen molar-refractivity contribution in [1.82, 2.24) is 0 Å². The van der Waals surface area contributed by atoms with E-state index >= 15 is 0 Å². The molecule has 2 saturated heterocycles. The van der Waals surface area contributed by atoms with E-state index in [1.165, 1.54) is 0 Å². The first-order valence-corrected chi connectivity index (χ1v) is 12.0. The molecule has 0 aliphatic carbocycles. The van der Waals surface area contributed by atoms with Gasteiger partial charge in [0.25, 0.3) is 0 Å². The average Bonchev–Trinajstić information content (AvgIpc) is 3.06. The van der Waals surface area contributed by atoms with Gasteiger partial charge in [-0.05, 0) is 24.7 Å². The summed E-state index contributed by atoms with van der Waals surface area (Å²) in [4.78, 5) is 19.3. The fraction of sp³-hybridized carbons (Fsp3) is 1.00. The van der Waals surface area contributed by atoms with Crippen LogP contribution in [0.15, 0.2) is 0 Å². The van der Waals surface area contributed by atoms with Crippen LogP contribution in [-0.4, -0.2) is 70.3 Å². The molecule has 0 aromatic heterocycles. The molecule has 11 nitrogen and oxygen atoms in total. The molecule has 166 valence electrons. The van der Waals surface area contributed by atoms with Crippen molar-refractivity contribution in [3.05, 3.63) is 0 Å². The zero-order valence-electron chi connectivity index (χ0n) is 16.3. The molecule has 0 saturated carbocycles. The van der Waals surface area contributed by atoms with Crippen LogP contribution in [0.25, 0.3) is 0 Å². The van der Waals surface area contributed by atoms with Crippen LogP contribution in [0.5, 0.6) is 0 Å². The quantitative estimate of drug-likeness (QED) is 0.395. The molecule has 28 heavy (non-hydrogen) atoms. The van der Waals surface area contributed by atoms with Crippen molar-refractivity contribution >= 4 is 15.6 Å². The molecule has 2 heterocycles. The molecule has 0 aromatic rings. The monoisotopic (exact) mass is 448 g/mol. The third kappa shape index (κ3) is 6.82. The fourth-order valence-corrected chi connectivity index (χ4v) is 5.54. The van der Waals surface area contributed by atoms with Crippen LogP contribution < -0.4 is 0 Å². The van der Waals surface area contributed by atoms with Crippen molar-refractivity contribution in [2.45, 2.75) is 64.6 Å². The summed E-state index contributed by atoms with van der Waals surface area (Å²) in [5.74, 6) is 0.223. The second-order valence-electron chi connectivity index (χ2n) is 8.21. The first kappa shape index (κ1) is 24.4. The Morgan fingerprint density at radius 3 is 2.11 bits per heavy atom. The molecule has 0 bridgehead atoms. The second-order valence-corrected chi connectivity index (χ2v) is 11.3. The van der Waals surface area contributed by atoms with E-state index < -0.39 is 46.7 Å². The fourth-order valence-electron chi connectivity index (χ4n) is 3.43. The van der Waals surface area contributed by atoms with Crippen LogP contribution >= 0.6 is 15.6 Å². The maximum absolute atomic E-state index is 12.0. The molecule has 0 aromatic carbocycles. The van der Waals surface area contributed by atoms with Crippen molar-refractivity contribution in [2.24, 2.45) is 11.3 Å². The number of aliphatic hydroxyl groups excluding tert-OH is 2. The zero-order valence-corrected chi connectivity index (χ0v) is 18.1. The number of hydrogen-bond donors (Lipinski definition) is 4. The summed E-state index contributed by atoms with van der Waals surface area (Å²) in [6.45, 7) is 7.06. The smallest absolute Gasteiger partial charge is 0.388 e. The van der Waals surface area contributed by atoms with Crippen LogP contribution in [0.1, 0.15) is 34.1 Å². The molecule has 2 aliphatic heterocycles. The minimum Gasteiger partial charge on any atom is -0.388 e. The van der Waals surface area contributed by atoms with Gasteiger partial charge in [-0.25, -0.2) is 9.13 Å². The summed E-state index contributed by atoms with van der Waals surface area (Å²) in [5, 5.41) is 18.9. The Morgan fingerprint density at radius 1 is 1.07 bits per heavy atom. The van der Waals surface area contributed by atoms with Crippen molar-refractivity contribution < 1.29 is 52.0 Å². The third-order valence-electron chi connectivity index (χ3n) is 4.89. The van der Waals surface area contributed by atoms with E-state index in [4.69, 9.17) is 14.0 Å². The lowest BCUT2D eigenvalue weighted by Gasteiger charge is -2.28. The molecular weight excluding hydrogens is 418 g/mol. The predicted octanol–water partition coefficient (Wildman–Crippen LogP) is 1.20. The molecule has 2 aliphatic rings. The Morgan fingerprint density at radius 2 is 1.64 bits per heavy atom. The van der Waals surface area contributed by atoms with E-state index in [1.807, 2.05) is 6.92 Å². The maximum Gasteiger partial charge on any atom is 0.481 e. The van der Waals surface area contributed by atoms with E-state index in [9.17, 15) is 29.1 Å². The number of aliphatic hydroxyl groups is 2. The van der Waals surface area contributed by atoms with Gasteiger partial charge in [0.2, 0.25) is 0 Å². The third-order valence-corrected chi connectivity index (χ3v) is 7.49. The number of ether oxygens (including phenoxy) is 2. The first-order chi connectivity index (χ1) is 12.7. The maximum atomic E-state index is 12.0. The predicted molar refractivity (Wildman–Crippen MR) is 96.3 cm³/mol. The van der Waals surface area contributed by atoms with E-state index in [0.717, 1.165) is 0 Å². The number of hydrogen-bond acceptors (Lipinski definition) is 9. The first-order valence-electron chi connectivity index (χ1n) is 8.99. The summed E-state index contributed by atoms with van der Waals surface area (Å²) in [7, 11) is -9.88. The van der Waals surface area contributed by atoms with E-state index in [2.05, 4.69) is 29.6 Å². The molecule has 2 fully saturated rings. The summed E-state index contributed by atoms with van der Waals surface area (Å²) >= 11 is 0. The van der Waals surface area contributed by atoms with Gasteiger partial charge in [0.1, 0.15) is 18.3 Å². The van der Waals surface area contributed by atoms with Crippen LogP contribution in [0, 0.1) is 11.3 Å². The number of phosphoric acid groups is 2. The number of rotatable bonds is 8. The SMILES string of the molecule is C[C@@H]1O[C@H](COP(=O)(O)OP(=O)(O)OC[C@H]2OCC(O)[C@@H]2O)CC1C(C)(C)C. The topological polar surface area (TPSA) is 161 Å². The van der Waals surface area contributed by atoms with Crippen molar-refractivity contribution in [3.8, 4) is 0 Å². The summed E-state index contributed by atoms with van der Waals surface area (Å²) in [5.41, 5.74) is -0.0112. The highest BCUT2D eigenvalue weighted by Gasteiger charge is 2.42. The minimum atomic E-state index is -4.98. The molecule has 2 rings (SSSR count).